The van der Waals surface area contributed by atoms with Gasteiger partial charge in [-0.05, 0) is 63.0 Å². The largest absolute Gasteiger partial charge is 0.339 e. The van der Waals surface area contributed by atoms with Crippen LogP contribution in [0.2, 0.25) is 0 Å². The summed E-state index contributed by atoms with van der Waals surface area (Å²) in [5.41, 5.74) is 0. The van der Waals surface area contributed by atoms with E-state index in [1.54, 1.807) is 0 Å². The van der Waals surface area contributed by atoms with Crippen molar-refractivity contribution in [2.45, 2.75) is 39.2 Å². The van der Waals surface area contributed by atoms with Crippen LogP contribution >= 0.6 is 11.8 Å². The lowest BCUT2D eigenvalue weighted by atomic mass is 9.96. The van der Waals surface area contributed by atoms with E-state index in [-0.39, 0.29) is 11.9 Å². The molecule has 0 aromatic carbocycles. The number of rotatable bonds is 6. The maximum absolute atomic E-state index is 12.6. The highest BCUT2D eigenvalue weighted by Crippen LogP contribution is 2.18. The molecule has 0 aromatic heterocycles. The van der Waals surface area contributed by atoms with Gasteiger partial charge in [-0.2, -0.15) is 0 Å². The number of likely N-dealkylation sites (tertiary alicyclic amines) is 1. The first-order chi connectivity index (χ1) is 11.0. The molecule has 6 heteroatoms. The van der Waals surface area contributed by atoms with Gasteiger partial charge in [0, 0.05) is 32.7 Å². The van der Waals surface area contributed by atoms with Gasteiger partial charge >= 0.3 is 0 Å². The van der Waals surface area contributed by atoms with Gasteiger partial charge in [-0.25, -0.2) is 4.84 Å². The summed E-state index contributed by atoms with van der Waals surface area (Å²) in [5.74, 6) is 1.44. The minimum absolute atomic E-state index is 0.160. The highest BCUT2D eigenvalue weighted by atomic mass is 35.5. The van der Waals surface area contributed by atoms with Gasteiger partial charge in [-0.3, -0.25) is 9.69 Å². The summed E-state index contributed by atoms with van der Waals surface area (Å²) >= 11 is 5.78. The summed E-state index contributed by atoms with van der Waals surface area (Å²) in [4.78, 5) is 22.2. The van der Waals surface area contributed by atoms with E-state index in [0.29, 0.717) is 5.92 Å². The maximum atomic E-state index is 12.6. The van der Waals surface area contributed by atoms with Gasteiger partial charge in [-0.1, -0.05) is 13.8 Å². The summed E-state index contributed by atoms with van der Waals surface area (Å²) in [6.45, 7) is 11.5. The lowest BCUT2D eigenvalue weighted by molar-refractivity contribution is -0.135. The summed E-state index contributed by atoms with van der Waals surface area (Å²) in [6.07, 6.45) is 3.41. The maximum Gasteiger partial charge on any atom is 0.241 e. The number of piperazine rings is 1. The lowest BCUT2D eigenvalue weighted by Gasteiger charge is -2.39. The average Bonchev–Trinajstić information content (AvgIpc) is 2.54. The number of halogens is 1. The Bertz CT molecular complexity index is 364. The van der Waals surface area contributed by atoms with Gasteiger partial charge in [-0.15, -0.1) is 0 Å². The summed E-state index contributed by atoms with van der Waals surface area (Å²) < 4.78 is 0. The molecule has 0 bridgehead atoms. The zero-order chi connectivity index (χ0) is 16.8. The molecule has 2 fully saturated rings. The Labute approximate surface area is 146 Å². The molecule has 0 unspecified atom stereocenters. The standard InChI is InChI=1S/C17H33ClN4O/c1-14(2)12-16(19-18)17(23)22-10-8-21(9-11-22)13-15-4-6-20(3)7-5-15/h14-16,19H,4-13H2,1-3H3/t16-/m1/s1. The zero-order valence-corrected chi connectivity index (χ0v) is 15.7. The molecule has 1 N–H and O–H groups in total. The van der Waals surface area contributed by atoms with Crippen molar-refractivity contribution < 1.29 is 4.79 Å². The van der Waals surface area contributed by atoms with E-state index in [0.717, 1.165) is 38.5 Å². The Morgan fingerprint density at radius 3 is 2.26 bits per heavy atom. The fourth-order valence-corrected chi connectivity index (χ4v) is 3.83. The fraction of sp³-hybridized carbons (Fsp3) is 0.941. The van der Waals surface area contributed by atoms with Gasteiger partial charge in [0.25, 0.3) is 0 Å². The van der Waals surface area contributed by atoms with Gasteiger partial charge in [0.2, 0.25) is 5.91 Å². The second-order valence-corrected chi connectivity index (χ2v) is 7.88. The van der Waals surface area contributed by atoms with E-state index in [1.165, 1.54) is 32.5 Å². The van der Waals surface area contributed by atoms with Crippen LogP contribution in [-0.4, -0.2) is 79.5 Å². The van der Waals surface area contributed by atoms with Gasteiger partial charge in [0.05, 0.1) is 0 Å². The van der Waals surface area contributed by atoms with E-state index in [2.05, 4.69) is 35.5 Å². The first-order valence-electron chi connectivity index (χ1n) is 9.05. The van der Waals surface area contributed by atoms with E-state index in [1.807, 2.05) is 4.90 Å². The topological polar surface area (TPSA) is 38.8 Å². The number of amides is 1. The van der Waals surface area contributed by atoms with Crippen LogP contribution in [0.1, 0.15) is 33.1 Å². The lowest BCUT2D eigenvalue weighted by Crippen LogP contribution is -2.54. The molecular weight excluding hydrogens is 312 g/mol. The molecular formula is C17H33ClN4O. The number of nitrogens with one attached hydrogen (secondary N) is 1. The van der Waals surface area contributed by atoms with Crippen molar-refractivity contribution in [3.05, 3.63) is 0 Å². The molecule has 2 heterocycles. The summed E-state index contributed by atoms with van der Waals surface area (Å²) in [6, 6.07) is -0.253. The molecule has 0 saturated carbocycles. The van der Waals surface area contributed by atoms with E-state index >= 15 is 0 Å². The van der Waals surface area contributed by atoms with Crippen LogP contribution in [0.3, 0.4) is 0 Å². The monoisotopic (exact) mass is 344 g/mol. The molecule has 0 aliphatic carbocycles. The number of carbonyl (C=O) groups is 1. The molecule has 23 heavy (non-hydrogen) atoms. The number of carbonyl (C=O) groups excluding carboxylic acids is 1. The highest BCUT2D eigenvalue weighted by Gasteiger charge is 2.28. The first-order valence-corrected chi connectivity index (χ1v) is 9.43. The van der Waals surface area contributed by atoms with Crippen molar-refractivity contribution >= 4 is 17.7 Å². The van der Waals surface area contributed by atoms with E-state index in [9.17, 15) is 4.79 Å². The zero-order valence-electron chi connectivity index (χ0n) is 14.9. The van der Waals surface area contributed by atoms with Gasteiger partial charge in [0.1, 0.15) is 6.04 Å². The summed E-state index contributed by atoms with van der Waals surface area (Å²) in [7, 11) is 2.21. The Morgan fingerprint density at radius 2 is 1.74 bits per heavy atom. The van der Waals surface area contributed by atoms with E-state index in [4.69, 9.17) is 11.8 Å². The highest BCUT2D eigenvalue weighted by molar-refractivity contribution is 6.15. The van der Waals surface area contributed by atoms with Gasteiger partial charge in [0.15, 0.2) is 0 Å². The van der Waals surface area contributed by atoms with Crippen molar-refractivity contribution in [1.82, 2.24) is 19.5 Å². The number of piperidine rings is 1. The number of nitrogens with zero attached hydrogens (tertiary/aromatic N) is 3. The van der Waals surface area contributed by atoms with Crippen LogP contribution in [0.15, 0.2) is 0 Å². The molecule has 2 aliphatic heterocycles. The molecule has 134 valence electrons. The van der Waals surface area contributed by atoms with Crippen LogP contribution in [-0.2, 0) is 4.79 Å². The van der Waals surface area contributed by atoms with Crippen molar-refractivity contribution in [2.24, 2.45) is 11.8 Å². The summed E-state index contributed by atoms with van der Waals surface area (Å²) in [5, 5.41) is 0. The Morgan fingerprint density at radius 1 is 1.13 bits per heavy atom. The van der Waals surface area contributed by atoms with Crippen LogP contribution in [0.4, 0.5) is 0 Å². The van der Waals surface area contributed by atoms with Crippen LogP contribution < -0.4 is 4.84 Å². The SMILES string of the molecule is CC(C)C[C@@H](NCl)C(=O)N1CCN(CC2CCN(C)CC2)CC1. The minimum atomic E-state index is -0.253. The quantitative estimate of drug-likeness (QED) is 0.743. The first kappa shape index (κ1) is 19.0. The molecule has 2 rings (SSSR count). The van der Waals surface area contributed by atoms with Crippen molar-refractivity contribution in [3.63, 3.8) is 0 Å². The smallest absolute Gasteiger partial charge is 0.241 e. The molecule has 1 atom stereocenters. The average molecular weight is 345 g/mol. The minimum Gasteiger partial charge on any atom is -0.339 e. The molecule has 2 saturated heterocycles. The predicted molar refractivity (Wildman–Crippen MR) is 95.5 cm³/mol. The third kappa shape index (κ3) is 5.89. The predicted octanol–water partition coefficient (Wildman–Crippen LogP) is 1.63. The molecule has 0 spiro atoms. The Kier molecular flexibility index (Phi) is 7.60. The second-order valence-electron chi connectivity index (χ2n) is 7.66. The molecule has 5 nitrogen and oxygen atoms in total. The third-order valence-corrected chi connectivity index (χ3v) is 5.44. The Balaban J connectivity index is 1.73. The third-order valence-electron chi connectivity index (χ3n) is 5.18. The molecule has 1 amide bonds. The van der Waals surface area contributed by atoms with E-state index < -0.39 is 0 Å². The fourth-order valence-electron chi connectivity index (χ4n) is 3.64. The number of hydrogen-bond acceptors (Lipinski definition) is 4. The number of hydrogen-bond donors (Lipinski definition) is 1. The normalized spacial score (nSPS) is 23.4. The van der Waals surface area contributed by atoms with Gasteiger partial charge < -0.3 is 9.80 Å². The van der Waals surface area contributed by atoms with Crippen LogP contribution in [0.25, 0.3) is 0 Å². The second kappa shape index (κ2) is 9.21. The van der Waals surface area contributed by atoms with Crippen molar-refractivity contribution in [2.75, 3.05) is 52.9 Å². The van der Waals surface area contributed by atoms with Crippen LogP contribution in [0.5, 0.6) is 0 Å². The Hall–Kier alpha value is -0.360. The van der Waals surface area contributed by atoms with Crippen molar-refractivity contribution in [3.8, 4) is 0 Å². The molecule has 0 radical (unpaired) electrons. The molecule has 2 aliphatic rings. The molecule has 0 aromatic rings. The van der Waals surface area contributed by atoms with Crippen molar-refractivity contribution in [1.29, 1.82) is 0 Å². The van der Waals surface area contributed by atoms with Crippen LogP contribution in [0, 0.1) is 11.8 Å².